The molecule has 3 rings (SSSR count). The van der Waals surface area contributed by atoms with Gasteiger partial charge in [-0.2, -0.15) is 0 Å². The van der Waals surface area contributed by atoms with Crippen LogP contribution in [-0.2, 0) is 6.42 Å². The molecule has 0 N–H and O–H groups in total. The van der Waals surface area contributed by atoms with Crippen LogP contribution < -0.4 is 0 Å². The average Bonchev–Trinajstić information content (AvgIpc) is 2.81. The molecule has 0 saturated carbocycles. The minimum atomic E-state index is 0.201. The Morgan fingerprint density at radius 3 is 2.50 bits per heavy atom. The number of aryl methyl sites for hydroxylation is 2. The quantitative estimate of drug-likeness (QED) is 0.621. The van der Waals surface area contributed by atoms with Gasteiger partial charge in [0.05, 0.1) is 0 Å². The zero-order chi connectivity index (χ0) is 14.1. The summed E-state index contributed by atoms with van der Waals surface area (Å²) in [5.41, 5.74) is 4.37. The molecular formula is C18H16OS. The molecule has 1 heterocycles. The van der Waals surface area contributed by atoms with Crippen molar-refractivity contribution in [2.75, 3.05) is 0 Å². The number of rotatable bonds is 3. The number of thiophene rings is 1. The van der Waals surface area contributed by atoms with E-state index in [-0.39, 0.29) is 5.78 Å². The van der Waals surface area contributed by atoms with Crippen LogP contribution in [0.15, 0.2) is 47.8 Å². The van der Waals surface area contributed by atoms with Gasteiger partial charge in [0.15, 0.2) is 5.78 Å². The molecule has 2 aromatic carbocycles. The predicted molar refractivity (Wildman–Crippen MR) is 85.8 cm³/mol. The highest BCUT2D eigenvalue weighted by Gasteiger charge is 2.12. The number of ketones is 1. The van der Waals surface area contributed by atoms with E-state index in [9.17, 15) is 4.79 Å². The fraction of sp³-hybridized carbons (Fsp3) is 0.167. The first kappa shape index (κ1) is 13.1. The highest BCUT2D eigenvalue weighted by molar-refractivity contribution is 7.17. The lowest BCUT2D eigenvalue weighted by Gasteiger charge is -2.04. The lowest BCUT2D eigenvalue weighted by molar-refractivity contribution is 0.0995. The number of hydrogen-bond acceptors (Lipinski definition) is 2. The minimum Gasteiger partial charge on any atom is -0.294 e. The van der Waals surface area contributed by atoms with Gasteiger partial charge < -0.3 is 0 Å². The maximum atomic E-state index is 12.5. The maximum Gasteiger partial charge on any atom is 0.168 e. The molecule has 0 fully saturated rings. The third-order valence-corrected chi connectivity index (χ3v) is 4.39. The molecule has 1 aromatic heterocycles. The van der Waals surface area contributed by atoms with Gasteiger partial charge in [0.1, 0.15) is 0 Å². The number of hydrogen-bond donors (Lipinski definition) is 0. The van der Waals surface area contributed by atoms with E-state index in [1.165, 1.54) is 15.8 Å². The van der Waals surface area contributed by atoms with Crippen LogP contribution in [0.4, 0.5) is 0 Å². The van der Waals surface area contributed by atoms with Crippen molar-refractivity contribution >= 4 is 27.2 Å². The largest absolute Gasteiger partial charge is 0.294 e. The molecule has 2 heteroatoms. The molecule has 0 radical (unpaired) electrons. The van der Waals surface area contributed by atoms with E-state index in [4.69, 9.17) is 0 Å². The van der Waals surface area contributed by atoms with Crippen LogP contribution in [0.5, 0.6) is 0 Å². The SMILES string of the molecule is Cc1cc(C)cc(CC(=O)c2csc3ccccc23)c1. The summed E-state index contributed by atoms with van der Waals surface area (Å²) in [5, 5.41) is 3.06. The summed E-state index contributed by atoms with van der Waals surface area (Å²) in [4.78, 5) is 12.5. The van der Waals surface area contributed by atoms with Gasteiger partial charge in [0.25, 0.3) is 0 Å². The number of carbonyl (C=O) groups is 1. The predicted octanol–water partition coefficient (Wildman–Crippen LogP) is 4.94. The maximum absolute atomic E-state index is 12.5. The first-order valence-electron chi connectivity index (χ1n) is 6.70. The standard InChI is InChI=1S/C18H16OS/c1-12-7-13(2)9-14(8-12)10-17(19)16-11-20-18-6-4-3-5-15(16)18/h3-9,11H,10H2,1-2H3. The Bertz CT molecular complexity index is 763. The van der Waals surface area contributed by atoms with E-state index in [2.05, 4.69) is 38.1 Å². The molecule has 0 unspecified atom stereocenters. The number of fused-ring (bicyclic) bond motifs is 1. The molecule has 100 valence electrons. The average molecular weight is 280 g/mol. The zero-order valence-electron chi connectivity index (χ0n) is 11.6. The van der Waals surface area contributed by atoms with Crippen molar-refractivity contribution in [3.05, 3.63) is 70.1 Å². The van der Waals surface area contributed by atoms with Gasteiger partial charge in [-0.05, 0) is 25.5 Å². The van der Waals surface area contributed by atoms with Crippen LogP contribution in [0.25, 0.3) is 10.1 Å². The van der Waals surface area contributed by atoms with Crippen LogP contribution >= 0.6 is 11.3 Å². The van der Waals surface area contributed by atoms with E-state index >= 15 is 0 Å². The van der Waals surface area contributed by atoms with Gasteiger partial charge in [-0.25, -0.2) is 0 Å². The molecule has 1 nitrogen and oxygen atoms in total. The lowest BCUT2D eigenvalue weighted by Crippen LogP contribution is -2.03. The summed E-state index contributed by atoms with van der Waals surface area (Å²) in [6.07, 6.45) is 0.475. The van der Waals surface area contributed by atoms with E-state index < -0.39 is 0 Å². The highest BCUT2D eigenvalue weighted by Crippen LogP contribution is 2.26. The number of Topliss-reactive ketones (excluding diaryl/α,β-unsaturated/α-hetero) is 1. The molecular weight excluding hydrogens is 264 g/mol. The van der Waals surface area contributed by atoms with E-state index in [0.29, 0.717) is 6.42 Å². The van der Waals surface area contributed by atoms with Gasteiger partial charge in [-0.3, -0.25) is 4.79 Å². The Hall–Kier alpha value is -1.93. The molecule has 0 aliphatic carbocycles. The van der Waals surface area contributed by atoms with Crippen LogP contribution in [0.3, 0.4) is 0 Å². The van der Waals surface area contributed by atoms with Gasteiger partial charge in [-0.1, -0.05) is 47.5 Å². The van der Waals surface area contributed by atoms with Crippen molar-refractivity contribution in [1.29, 1.82) is 0 Å². The molecule has 0 aliphatic rings. The van der Waals surface area contributed by atoms with E-state index in [1.54, 1.807) is 11.3 Å². The fourth-order valence-corrected chi connectivity index (χ4v) is 3.61. The summed E-state index contributed by atoms with van der Waals surface area (Å²) in [6, 6.07) is 14.4. The Balaban J connectivity index is 1.93. The van der Waals surface area contributed by atoms with Crippen molar-refractivity contribution in [2.45, 2.75) is 20.3 Å². The van der Waals surface area contributed by atoms with Crippen LogP contribution in [0.1, 0.15) is 27.0 Å². The van der Waals surface area contributed by atoms with Crippen molar-refractivity contribution in [1.82, 2.24) is 0 Å². The monoisotopic (exact) mass is 280 g/mol. The third kappa shape index (κ3) is 2.52. The summed E-state index contributed by atoms with van der Waals surface area (Å²) in [7, 11) is 0. The molecule has 0 amide bonds. The minimum absolute atomic E-state index is 0.201. The van der Waals surface area contributed by atoms with Gasteiger partial charge in [0.2, 0.25) is 0 Å². The molecule has 0 spiro atoms. The summed E-state index contributed by atoms with van der Waals surface area (Å²) < 4.78 is 1.18. The second-order valence-corrected chi connectivity index (χ2v) is 6.15. The van der Waals surface area contributed by atoms with Crippen molar-refractivity contribution in [3.8, 4) is 0 Å². The number of benzene rings is 2. The van der Waals surface area contributed by atoms with Gasteiger partial charge >= 0.3 is 0 Å². The third-order valence-electron chi connectivity index (χ3n) is 3.43. The Kier molecular flexibility index (Phi) is 3.41. The topological polar surface area (TPSA) is 17.1 Å². The van der Waals surface area contributed by atoms with Crippen LogP contribution in [-0.4, -0.2) is 5.78 Å². The van der Waals surface area contributed by atoms with Crippen molar-refractivity contribution in [2.24, 2.45) is 0 Å². The smallest absolute Gasteiger partial charge is 0.168 e. The lowest BCUT2D eigenvalue weighted by atomic mass is 9.99. The molecule has 20 heavy (non-hydrogen) atoms. The normalized spacial score (nSPS) is 10.9. The molecule has 0 bridgehead atoms. The first-order chi connectivity index (χ1) is 9.63. The van der Waals surface area contributed by atoms with Crippen molar-refractivity contribution < 1.29 is 4.79 Å². The van der Waals surface area contributed by atoms with E-state index in [1.807, 2.05) is 23.6 Å². The van der Waals surface area contributed by atoms with Crippen molar-refractivity contribution in [3.63, 3.8) is 0 Å². The van der Waals surface area contributed by atoms with Gasteiger partial charge in [-0.15, -0.1) is 11.3 Å². The summed E-state index contributed by atoms with van der Waals surface area (Å²) in [6.45, 7) is 4.14. The Labute approximate surface area is 122 Å². The second kappa shape index (κ2) is 5.22. The summed E-state index contributed by atoms with van der Waals surface area (Å²) >= 11 is 1.64. The highest BCUT2D eigenvalue weighted by atomic mass is 32.1. The molecule has 0 atom stereocenters. The first-order valence-corrected chi connectivity index (χ1v) is 7.58. The van der Waals surface area contributed by atoms with E-state index in [0.717, 1.165) is 16.5 Å². The molecule has 0 aliphatic heterocycles. The Morgan fingerprint density at radius 1 is 1.05 bits per heavy atom. The number of carbonyl (C=O) groups excluding carboxylic acids is 1. The van der Waals surface area contributed by atoms with Crippen LogP contribution in [0, 0.1) is 13.8 Å². The molecule has 0 saturated heterocycles. The van der Waals surface area contributed by atoms with Gasteiger partial charge in [0, 0.05) is 27.5 Å². The Morgan fingerprint density at radius 2 is 1.75 bits per heavy atom. The molecule has 3 aromatic rings. The zero-order valence-corrected chi connectivity index (χ0v) is 12.5. The summed E-state index contributed by atoms with van der Waals surface area (Å²) in [5.74, 6) is 0.201. The second-order valence-electron chi connectivity index (χ2n) is 5.24. The fourth-order valence-electron chi connectivity index (χ4n) is 2.65. The van der Waals surface area contributed by atoms with Crippen LogP contribution in [0.2, 0.25) is 0 Å².